The number of carbonyl (C=O) groups excluding carboxylic acids is 1. The van der Waals surface area contributed by atoms with Gasteiger partial charge in [0, 0.05) is 19.2 Å². The molecule has 0 fully saturated rings. The molecule has 2 N–H and O–H groups in total. The highest BCUT2D eigenvalue weighted by Gasteiger charge is 2.11. The van der Waals surface area contributed by atoms with Crippen molar-refractivity contribution in [3.05, 3.63) is 34.0 Å². The first-order chi connectivity index (χ1) is 8.66. The standard InChI is InChI=1S/C11H12N4O2S/c1-7-14-15-9(18-7)4-6-13-11(17)10-8(16)3-2-5-12-10/h2-3,5,16H,4,6H2,1H3,(H,13,17). The minimum atomic E-state index is -0.394. The Morgan fingerprint density at radius 1 is 1.50 bits per heavy atom. The van der Waals surface area contributed by atoms with E-state index in [-0.39, 0.29) is 11.4 Å². The summed E-state index contributed by atoms with van der Waals surface area (Å²) in [4.78, 5) is 15.5. The summed E-state index contributed by atoms with van der Waals surface area (Å²) in [5.74, 6) is -0.518. The molecule has 0 aliphatic heterocycles. The Bertz CT molecular complexity index is 555. The lowest BCUT2D eigenvalue weighted by Gasteiger charge is -2.04. The van der Waals surface area contributed by atoms with Gasteiger partial charge in [-0.2, -0.15) is 0 Å². The van der Waals surface area contributed by atoms with Crippen molar-refractivity contribution in [3.8, 4) is 5.75 Å². The number of pyridine rings is 1. The van der Waals surface area contributed by atoms with Crippen molar-refractivity contribution < 1.29 is 9.90 Å². The van der Waals surface area contributed by atoms with Gasteiger partial charge in [0.2, 0.25) is 0 Å². The maximum atomic E-state index is 11.7. The number of aromatic hydroxyl groups is 1. The molecule has 0 saturated heterocycles. The molecule has 94 valence electrons. The third-order valence-electron chi connectivity index (χ3n) is 2.19. The van der Waals surface area contributed by atoms with E-state index in [2.05, 4.69) is 20.5 Å². The number of amides is 1. The van der Waals surface area contributed by atoms with Crippen LogP contribution in [0, 0.1) is 6.92 Å². The van der Waals surface area contributed by atoms with Crippen LogP contribution in [-0.2, 0) is 6.42 Å². The molecule has 2 rings (SSSR count). The van der Waals surface area contributed by atoms with E-state index in [1.165, 1.54) is 23.6 Å². The highest BCUT2D eigenvalue weighted by Crippen LogP contribution is 2.12. The molecule has 0 aliphatic rings. The van der Waals surface area contributed by atoms with Crippen molar-refractivity contribution in [3.63, 3.8) is 0 Å². The van der Waals surface area contributed by atoms with Crippen LogP contribution in [0.2, 0.25) is 0 Å². The minimum Gasteiger partial charge on any atom is -0.505 e. The number of carbonyl (C=O) groups is 1. The fraction of sp³-hybridized carbons (Fsp3) is 0.273. The molecule has 1 amide bonds. The van der Waals surface area contributed by atoms with Crippen LogP contribution < -0.4 is 5.32 Å². The average Bonchev–Trinajstić information content (AvgIpc) is 2.75. The second-order valence-corrected chi connectivity index (χ2v) is 4.86. The summed E-state index contributed by atoms with van der Waals surface area (Å²) >= 11 is 1.50. The summed E-state index contributed by atoms with van der Waals surface area (Å²) in [5, 5.41) is 21.8. The SMILES string of the molecule is Cc1nnc(CCNC(=O)c2ncccc2O)s1. The number of aryl methyl sites for hydroxylation is 1. The number of hydrogen-bond donors (Lipinski definition) is 2. The molecule has 2 aromatic heterocycles. The third-order valence-corrected chi connectivity index (χ3v) is 3.09. The topological polar surface area (TPSA) is 88.0 Å². The summed E-state index contributed by atoms with van der Waals surface area (Å²) < 4.78 is 0. The largest absolute Gasteiger partial charge is 0.505 e. The van der Waals surface area contributed by atoms with E-state index >= 15 is 0 Å². The highest BCUT2D eigenvalue weighted by atomic mass is 32.1. The van der Waals surface area contributed by atoms with Gasteiger partial charge in [-0.05, 0) is 19.1 Å². The first kappa shape index (κ1) is 12.4. The van der Waals surface area contributed by atoms with E-state index in [4.69, 9.17) is 0 Å². The Morgan fingerprint density at radius 3 is 3.00 bits per heavy atom. The van der Waals surface area contributed by atoms with Gasteiger partial charge in [0.1, 0.15) is 15.8 Å². The van der Waals surface area contributed by atoms with Crippen molar-refractivity contribution in [1.82, 2.24) is 20.5 Å². The normalized spacial score (nSPS) is 10.3. The lowest BCUT2D eigenvalue weighted by atomic mass is 10.3. The van der Waals surface area contributed by atoms with Gasteiger partial charge >= 0.3 is 0 Å². The van der Waals surface area contributed by atoms with Crippen LogP contribution in [0.15, 0.2) is 18.3 Å². The summed E-state index contributed by atoms with van der Waals surface area (Å²) in [6.45, 7) is 2.31. The monoisotopic (exact) mass is 264 g/mol. The lowest BCUT2D eigenvalue weighted by Crippen LogP contribution is -2.26. The summed E-state index contributed by atoms with van der Waals surface area (Å²) in [6.07, 6.45) is 2.08. The molecule has 2 heterocycles. The van der Waals surface area contributed by atoms with Crippen LogP contribution in [0.3, 0.4) is 0 Å². The van der Waals surface area contributed by atoms with Crippen molar-refractivity contribution in [2.24, 2.45) is 0 Å². The Morgan fingerprint density at radius 2 is 2.33 bits per heavy atom. The molecule has 0 unspecified atom stereocenters. The number of hydrogen-bond acceptors (Lipinski definition) is 6. The third kappa shape index (κ3) is 3.01. The Kier molecular flexibility index (Phi) is 3.83. The molecule has 0 aromatic carbocycles. The summed E-state index contributed by atoms with van der Waals surface area (Å²) in [5.41, 5.74) is 0.0333. The van der Waals surface area contributed by atoms with Gasteiger partial charge in [0.05, 0.1) is 0 Å². The van der Waals surface area contributed by atoms with Crippen LogP contribution in [0.1, 0.15) is 20.5 Å². The molecule has 0 saturated carbocycles. The molecule has 0 aliphatic carbocycles. The van der Waals surface area contributed by atoms with Crippen molar-refractivity contribution in [1.29, 1.82) is 0 Å². The highest BCUT2D eigenvalue weighted by molar-refractivity contribution is 7.11. The predicted molar refractivity (Wildman–Crippen MR) is 66.6 cm³/mol. The Labute approximate surface area is 108 Å². The second-order valence-electron chi connectivity index (χ2n) is 3.59. The Balaban J connectivity index is 1.87. The second kappa shape index (κ2) is 5.54. The molecule has 7 heteroatoms. The summed E-state index contributed by atoms with van der Waals surface area (Å²) in [6, 6.07) is 2.99. The van der Waals surface area contributed by atoms with Gasteiger partial charge < -0.3 is 10.4 Å². The predicted octanol–water partition coefficient (Wildman–Crippen LogP) is 0.920. The number of aromatic nitrogens is 3. The van der Waals surface area contributed by atoms with Crippen LogP contribution in [0.4, 0.5) is 0 Å². The molecule has 0 atom stereocenters. The van der Waals surface area contributed by atoms with Crippen LogP contribution >= 0.6 is 11.3 Å². The molecule has 2 aromatic rings. The Hall–Kier alpha value is -2.02. The van der Waals surface area contributed by atoms with Gasteiger partial charge in [-0.1, -0.05) is 0 Å². The number of nitrogens with zero attached hydrogens (tertiary/aromatic N) is 3. The maximum Gasteiger partial charge on any atom is 0.273 e. The van der Waals surface area contributed by atoms with Gasteiger partial charge in [0.15, 0.2) is 5.69 Å². The van der Waals surface area contributed by atoms with E-state index < -0.39 is 5.91 Å². The van der Waals surface area contributed by atoms with Crippen LogP contribution in [0.25, 0.3) is 0 Å². The fourth-order valence-electron chi connectivity index (χ4n) is 1.38. The zero-order valence-corrected chi connectivity index (χ0v) is 10.6. The molecular weight excluding hydrogens is 252 g/mol. The van der Waals surface area contributed by atoms with Crippen molar-refractivity contribution >= 4 is 17.2 Å². The van der Waals surface area contributed by atoms with Crippen molar-refractivity contribution in [2.45, 2.75) is 13.3 Å². The van der Waals surface area contributed by atoms with Gasteiger partial charge in [0.25, 0.3) is 5.91 Å². The fourth-order valence-corrected chi connectivity index (χ4v) is 2.09. The molecular formula is C11H12N4O2S. The quantitative estimate of drug-likeness (QED) is 0.857. The molecule has 18 heavy (non-hydrogen) atoms. The van der Waals surface area contributed by atoms with Gasteiger partial charge in [-0.25, -0.2) is 4.98 Å². The summed E-state index contributed by atoms with van der Waals surface area (Å²) in [7, 11) is 0. The zero-order chi connectivity index (χ0) is 13.0. The molecule has 0 bridgehead atoms. The van der Waals surface area contributed by atoms with E-state index in [0.717, 1.165) is 10.0 Å². The number of nitrogens with one attached hydrogen (secondary N) is 1. The first-order valence-corrected chi connectivity index (χ1v) is 6.19. The zero-order valence-electron chi connectivity index (χ0n) is 9.75. The van der Waals surface area contributed by atoms with Crippen LogP contribution in [0.5, 0.6) is 5.75 Å². The van der Waals surface area contributed by atoms with E-state index in [1.807, 2.05) is 6.92 Å². The van der Waals surface area contributed by atoms with Crippen molar-refractivity contribution in [2.75, 3.05) is 6.54 Å². The first-order valence-electron chi connectivity index (χ1n) is 5.38. The average molecular weight is 264 g/mol. The molecule has 6 nitrogen and oxygen atoms in total. The molecule has 0 spiro atoms. The molecule has 0 radical (unpaired) electrons. The minimum absolute atomic E-state index is 0.0333. The van der Waals surface area contributed by atoms with E-state index in [9.17, 15) is 9.90 Å². The number of rotatable bonds is 4. The van der Waals surface area contributed by atoms with Gasteiger partial charge in [-0.3, -0.25) is 4.79 Å². The van der Waals surface area contributed by atoms with Crippen LogP contribution in [-0.4, -0.2) is 32.7 Å². The smallest absolute Gasteiger partial charge is 0.273 e. The maximum absolute atomic E-state index is 11.7. The lowest BCUT2D eigenvalue weighted by molar-refractivity contribution is 0.0946. The van der Waals surface area contributed by atoms with E-state index in [1.54, 1.807) is 6.07 Å². The van der Waals surface area contributed by atoms with E-state index in [0.29, 0.717) is 13.0 Å². The van der Waals surface area contributed by atoms with Gasteiger partial charge in [-0.15, -0.1) is 21.5 Å².